The Kier molecular flexibility index (Phi) is 40.0. The van der Waals surface area contributed by atoms with Crippen molar-refractivity contribution in [3.05, 3.63) is 65.5 Å². The Hall–Kier alpha value is -0.860. The third-order valence-corrected chi connectivity index (χ3v) is 23.5. The SMILES string of the molecule is O=C(CCC(O)CO)c1c(I)c(NC(=O)C(O)C(O)C(C(O)C(O)C(=O)Nc2c(I)c(C(=O)NCC(O)CO)c(I)c(C(=O)NCC(O)CO)c2I)C(O)C(O)C(=O)Nc2c(I)c(C(=O)NCC(O)CO)c(I)c(C(=O)NCC(O)CO)c2I)c(I)c(C(=O)CCC(O)CO)c1I. The molecule has 3 rings (SSSR count). The first-order chi connectivity index (χ1) is 45.4. The summed E-state index contributed by atoms with van der Waals surface area (Å²) in [5.74, 6) is -13.9. The fourth-order valence-corrected chi connectivity index (χ4v) is 21.9. The number of aliphatic hydroxyl groups is 18. The number of hydrogen-bond donors (Lipinski definition) is 25. The molecule has 43 heteroatoms. The number of carbonyl (C=O) groups excluding carboxylic acids is 9. The van der Waals surface area contributed by atoms with Gasteiger partial charge in [0, 0.05) is 73.9 Å². The lowest BCUT2D eigenvalue weighted by Gasteiger charge is -2.36. The molecule has 0 radical (unpaired) electrons. The number of rotatable bonds is 38. The second kappa shape index (κ2) is 42.9. The summed E-state index contributed by atoms with van der Waals surface area (Å²) in [5, 5.41) is 205. The van der Waals surface area contributed by atoms with Crippen molar-refractivity contribution in [2.75, 3.05) is 81.8 Å². The summed E-state index contributed by atoms with van der Waals surface area (Å²) in [7, 11) is 0. The van der Waals surface area contributed by atoms with Gasteiger partial charge in [-0.15, -0.1) is 0 Å². The van der Waals surface area contributed by atoms with Crippen LogP contribution in [0.1, 0.15) is 87.8 Å². The maximum Gasteiger partial charge on any atom is 0.255 e. The zero-order valence-corrected chi connectivity index (χ0v) is 68.9. The van der Waals surface area contributed by atoms with Crippen LogP contribution in [0, 0.1) is 38.0 Å². The minimum absolute atomic E-state index is 0.0171. The van der Waals surface area contributed by atoms with Crippen LogP contribution in [0.4, 0.5) is 17.1 Å². The van der Waals surface area contributed by atoms with Gasteiger partial charge in [-0.25, -0.2) is 0 Å². The number of carbonyl (C=O) groups is 9. The van der Waals surface area contributed by atoms with E-state index in [1.165, 1.54) is 90.4 Å². The van der Waals surface area contributed by atoms with E-state index in [9.17, 15) is 135 Å². The molecule has 0 aliphatic rings. The molecule has 0 saturated carbocycles. The van der Waals surface area contributed by atoms with E-state index in [1.54, 1.807) is 113 Å². The summed E-state index contributed by atoms with van der Waals surface area (Å²) < 4.78 is -1.50. The molecule has 0 saturated heterocycles. The molecule has 7 amide bonds. The van der Waals surface area contributed by atoms with Crippen molar-refractivity contribution in [3.8, 4) is 0 Å². The highest BCUT2D eigenvalue weighted by Gasteiger charge is 2.49. The number of anilines is 3. The van der Waals surface area contributed by atoms with E-state index >= 15 is 0 Å². The summed E-state index contributed by atoms with van der Waals surface area (Å²) in [6.07, 6.45) is -28.8. The van der Waals surface area contributed by atoms with Crippen LogP contribution in [0.15, 0.2) is 0 Å². The Labute approximate surface area is 673 Å². The quantitative estimate of drug-likeness (QED) is 0.0193. The van der Waals surface area contributed by atoms with Gasteiger partial charge in [-0.2, -0.15) is 0 Å². The van der Waals surface area contributed by atoms with Crippen LogP contribution in [0.2, 0.25) is 0 Å². The predicted molar refractivity (Wildman–Crippen MR) is 414 cm³/mol. The third-order valence-electron chi connectivity index (χ3n) is 13.8. The molecule has 0 fully saturated rings. The number of halogens is 9. The van der Waals surface area contributed by atoms with Crippen molar-refractivity contribution >= 4 is 273 Å². The van der Waals surface area contributed by atoms with Crippen molar-refractivity contribution in [3.63, 3.8) is 0 Å². The van der Waals surface area contributed by atoms with Crippen LogP contribution >= 0.6 is 203 Å². The Morgan fingerprint density at radius 2 is 0.485 bits per heavy atom. The van der Waals surface area contributed by atoms with E-state index < -0.39 is 250 Å². The molecule has 0 aliphatic heterocycles. The summed E-state index contributed by atoms with van der Waals surface area (Å²) in [4.78, 5) is 126. The molecule has 3 aromatic rings. The molecule has 0 aliphatic carbocycles. The largest absolute Gasteiger partial charge is 0.394 e. The van der Waals surface area contributed by atoms with E-state index in [0.717, 1.165) is 0 Å². The van der Waals surface area contributed by atoms with Gasteiger partial charge in [0.05, 0.1) is 148 Å². The summed E-state index contributed by atoms with van der Waals surface area (Å²) >= 11 is 14.1. The van der Waals surface area contributed by atoms with E-state index in [-0.39, 0.29) is 56.1 Å². The highest BCUT2D eigenvalue weighted by atomic mass is 127. The summed E-state index contributed by atoms with van der Waals surface area (Å²) in [6, 6.07) is 0. The summed E-state index contributed by atoms with van der Waals surface area (Å²) in [5.41, 5.74) is -3.55. The van der Waals surface area contributed by atoms with Gasteiger partial charge in [0.2, 0.25) is 0 Å². The zero-order chi connectivity index (χ0) is 73.9. The highest BCUT2D eigenvalue weighted by Crippen LogP contribution is 2.41. The van der Waals surface area contributed by atoms with Crippen LogP contribution in [0.25, 0.3) is 0 Å². The lowest BCUT2D eigenvalue weighted by atomic mass is 9.81. The molecule has 25 N–H and O–H groups in total. The van der Waals surface area contributed by atoms with Gasteiger partial charge in [0.25, 0.3) is 41.4 Å². The Balaban J connectivity index is 2.40. The standard InChI is InChI=1S/C54H66I9N7O27/c55-30-23(21(83)3-1-15(77)9-71)33(58)39(34(59)24(30)22(84)4-2-16(78)10-72)68-52(95)45(88)42(85)29(43(86)46(89)53(96)69-40-35(60)25(48(91)64-5-17(79)11-73)31(56)26(36(40)61)49(92)65-6-18(80)12-74)44(87)47(90)54(97)70-41-37(62)27(50(93)66-7-19(81)13-75)32(57)28(38(41)63)51(94)67-8-20(82)14-76/h15-20,29,42-47,71-82,85-90H,1-14H2,(H,64,91)(H,65,92)(H,66,93)(H,67,94)(H,68,95)(H,69,96)(H,70,97). The molecule has 97 heavy (non-hydrogen) atoms. The molecule has 0 spiro atoms. The van der Waals surface area contributed by atoms with E-state index in [2.05, 4.69) is 37.2 Å². The predicted octanol–water partition coefficient (Wildman–Crippen LogP) is -3.91. The molecule has 0 aromatic heterocycles. The van der Waals surface area contributed by atoms with Crippen molar-refractivity contribution in [2.45, 2.75) is 98.9 Å². The third kappa shape index (κ3) is 24.1. The molecule has 0 heterocycles. The average Bonchev–Trinajstić information content (AvgIpc) is 0.785. The molecule has 12 atom stereocenters. The smallest absolute Gasteiger partial charge is 0.255 e. The van der Waals surface area contributed by atoms with Crippen LogP contribution < -0.4 is 37.2 Å². The molecule has 12 unspecified atom stereocenters. The number of hydrogen-bond acceptors (Lipinski definition) is 27. The fourth-order valence-electron chi connectivity index (χ4n) is 8.38. The first kappa shape index (κ1) is 90.4. The van der Waals surface area contributed by atoms with Gasteiger partial charge in [0.1, 0.15) is 0 Å². The zero-order valence-electron chi connectivity index (χ0n) is 49.5. The maximum absolute atomic E-state index is 14.5. The number of amides is 7. The number of ketones is 2. The van der Waals surface area contributed by atoms with Crippen LogP contribution in [0.3, 0.4) is 0 Å². The highest BCUT2D eigenvalue weighted by molar-refractivity contribution is 14.1. The summed E-state index contributed by atoms with van der Waals surface area (Å²) in [6.45, 7) is -7.04. The molecule has 542 valence electrons. The maximum atomic E-state index is 14.5. The first-order valence-corrected chi connectivity index (χ1v) is 37.6. The molecule has 3 aromatic carbocycles. The second-order valence-corrected chi connectivity index (χ2v) is 30.5. The van der Waals surface area contributed by atoms with Gasteiger partial charge >= 0.3 is 0 Å². The fraction of sp³-hybridized carbons (Fsp3) is 0.500. The van der Waals surface area contributed by atoms with Crippen molar-refractivity contribution < 1.29 is 135 Å². The average molecular weight is 2390 g/mol. The van der Waals surface area contributed by atoms with Crippen molar-refractivity contribution in [1.82, 2.24) is 21.3 Å². The second-order valence-electron chi connectivity index (χ2n) is 20.8. The van der Waals surface area contributed by atoms with Gasteiger partial charge in [-0.05, 0) is 216 Å². The Morgan fingerprint density at radius 1 is 0.289 bits per heavy atom. The lowest BCUT2D eigenvalue weighted by molar-refractivity contribution is -0.167. The van der Waals surface area contributed by atoms with E-state index in [0.29, 0.717) is 0 Å². The van der Waals surface area contributed by atoms with Gasteiger partial charge < -0.3 is 129 Å². The van der Waals surface area contributed by atoms with Crippen molar-refractivity contribution in [2.24, 2.45) is 5.92 Å². The van der Waals surface area contributed by atoms with E-state index in [1.807, 2.05) is 0 Å². The van der Waals surface area contributed by atoms with Gasteiger partial charge in [0.15, 0.2) is 29.9 Å². The molecule has 34 nitrogen and oxygen atoms in total. The molecular weight excluding hydrogens is 2320 g/mol. The number of Topliss-reactive ketones (excluding diaryl/α,β-unsaturated/α-hetero) is 2. The minimum atomic E-state index is -3.09. The number of benzene rings is 3. The Bertz CT molecular complexity index is 2880. The molecular formula is C54H66I9N7O27. The van der Waals surface area contributed by atoms with Crippen molar-refractivity contribution in [1.29, 1.82) is 0 Å². The minimum Gasteiger partial charge on any atom is -0.394 e. The monoisotopic (exact) mass is 2390 g/mol. The normalized spacial score (nSPS) is 15.6. The van der Waals surface area contributed by atoms with Crippen LogP contribution in [0.5, 0.6) is 0 Å². The number of aliphatic hydroxyl groups excluding tert-OH is 18. The Morgan fingerprint density at radius 3 is 0.691 bits per heavy atom. The van der Waals surface area contributed by atoms with Gasteiger partial charge in [-0.3, -0.25) is 43.2 Å². The first-order valence-electron chi connectivity index (χ1n) is 27.9. The van der Waals surface area contributed by atoms with E-state index in [4.69, 9.17) is 0 Å². The molecule has 0 bridgehead atoms. The van der Waals surface area contributed by atoms with Gasteiger partial charge in [-0.1, -0.05) is 0 Å². The number of nitrogens with one attached hydrogen (secondary N) is 7. The van der Waals surface area contributed by atoms with Crippen LogP contribution in [-0.4, -0.2) is 284 Å². The topological polar surface area (TPSA) is 602 Å². The van der Waals surface area contributed by atoms with Crippen LogP contribution in [-0.2, 0) is 14.4 Å². The lowest BCUT2D eigenvalue weighted by Crippen LogP contribution is -2.58.